The fraction of sp³-hybridized carbons (Fsp3) is 0.120. The number of carbonyl (C=O) groups is 1. The number of hydrogen-bond acceptors (Lipinski definition) is 7. The zero-order valence-corrected chi connectivity index (χ0v) is 22.0. The van der Waals surface area contributed by atoms with Crippen molar-refractivity contribution in [3.63, 3.8) is 0 Å². The molecule has 0 saturated carbocycles. The molecule has 4 aromatic rings. The minimum atomic E-state index is -0.487. The largest absolute Gasteiger partial charge is 0.490 e. The molecule has 9 nitrogen and oxygen atoms in total. The summed E-state index contributed by atoms with van der Waals surface area (Å²) in [6.07, 6.45) is 1.48. The summed E-state index contributed by atoms with van der Waals surface area (Å²) in [6.45, 7) is 2.49. The molecule has 0 aliphatic carbocycles. The third-order valence-corrected chi connectivity index (χ3v) is 6.00. The first-order valence-corrected chi connectivity index (χ1v) is 12.3. The van der Waals surface area contributed by atoms with Gasteiger partial charge in [0, 0.05) is 22.0 Å². The first kappa shape index (κ1) is 25.4. The summed E-state index contributed by atoms with van der Waals surface area (Å²) in [5, 5.41) is 15.6. The molecular formula is C25H19Br2N3O6. The lowest BCUT2D eigenvalue weighted by Gasteiger charge is -2.12. The fourth-order valence-electron chi connectivity index (χ4n) is 3.28. The van der Waals surface area contributed by atoms with Crippen molar-refractivity contribution in [2.45, 2.75) is 13.5 Å². The number of rotatable bonds is 9. The number of amides is 1. The summed E-state index contributed by atoms with van der Waals surface area (Å²) in [4.78, 5) is 22.8. The maximum atomic E-state index is 12.5. The van der Waals surface area contributed by atoms with Crippen molar-refractivity contribution in [1.82, 2.24) is 5.43 Å². The molecule has 0 aliphatic rings. The fourth-order valence-corrected chi connectivity index (χ4v) is 4.61. The number of halogens is 2. The Hall–Kier alpha value is -3.70. The van der Waals surface area contributed by atoms with E-state index >= 15 is 0 Å². The van der Waals surface area contributed by atoms with Crippen LogP contribution in [-0.2, 0) is 6.61 Å². The zero-order chi connectivity index (χ0) is 25.7. The van der Waals surface area contributed by atoms with Crippen LogP contribution < -0.4 is 14.9 Å². The van der Waals surface area contributed by atoms with Gasteiger partial charge in [-0.05, 0) is 82.5 Å². The van der Waals surface area contributed by atoms with Gasteiger partial charge in [0.2, 0.25) is 0 Å². The van der Waals surface area contributed by atoms with Crippen molar-refractivity contribution in [1.29, 1.82) is 0 Å². The van der Waals surface area contributed by atoms with Gasteiger partial charge in [-0.2, -0.15) is 5.10 Å². The number of hydrazone groups is 1. The van der Waals surface area contributed by atoms with E-state index in [1.165, 1.54) is 18.3 Å². The molecule has 0 bridgehead atoms. The smallest absolute Gasteiger partial charge is 0.307 e. The molecule has 1 aromatic heterocycles. The maximum Gasteiger partial charge on any atom is 0.307 e. The lowest BCUT2D eigenvalue weighted by molar-refractivity contribution is -0.384. The predicted octanol–water partition coefficient (Wildman–Crippen LogP) is 6.61. The monoisotopic (exact) mass is 615 g/mol. The molecule has 0 fully saturated rings. The zero-order valence-electron chi connectivity index (χ0n) is 18.9. The predicted molar refractivity (Wildman–Crippen MR) is 142 cm³/mol. The minimum absolute atomic E-state index is 0.0192. The van der Waals surface area contributed by atoms with Crippen molar-refractivity contribution >= 4 is 60.6 Å². The van der Waals surface area contributed by atoms with Crippen molar-refractivity contribution in [2.24, 2.45) is 5.10 Å². The van der Waals surface area contributed by atoms with E-state index in [-0.39, 0.29) is 18.1 Å². The van der Waals surface area contributed by atoms with Crippen LogP contribution in [-0.4, -0.2) is 23.7 Å². The Morgan fingerprint density at radius 2 is 1.86 bits per heavy atom. The molecule has 0 spiro atoms. The molecule has 184 valence electrons. The first-order valence-electron chi connectivity index (χ1n) is 10.7. The van der Waals surface area contributed by atoms with Crippen LogP contribution in [0.1, 0.15) is 28.6 Å². The molecule has 36 heavy (non-hydrogen) atoms. The second kappa shape index (κ2) is 11.4. The molecule has 4 rings (SSSR count). The van der Waals surface area contributed by atoms with Gasteiger partial charge in [-0.15, -0.1) is 0 Å². The average molecular weight is 617 g/mol. The normalized spacial score (nSPS) is 11.1. The van der Waals surface area contributed by atoms with Crippen LogP contribution in [0.3, 0.4) is 0 Å². The molecule has 0 saturated heterocycles. The number of nitro groups is 1. The summed E-state index contributed by atoms with van der Waals surface area (Å²) < 4.78 is 18.8. The van der Waals surface area contributed by atoms with E-state index in [1.54, 1.807) is 36.4 Å². The Morgan fingerprint density at radius 3 is 2.58 bits per heavy atom. The maximum absolute atomic E-state index is 12.5. The van der Waals surface area contributed by atoms with Crippen molar-refractivity contribution in [2.75, 3.05) is 6.61 Å². The lowest BCUT2D eigenvalue weighted by atomic mass is 10.2. The molecule has 0 radical (unpaired) electrons. The van der Waals surface area contributed by atoms with E-state index in [4.69, 9.17) is 13.9 Å². The Kier molecular flexibility index (Phi) is 8.01. The van der Waals surface area contributed by atoms with Crippen LogP contribution >= 0.6 is 31.9 Å². The van der Waals surface area contributed by atoms with Gasteiger partial charge in [0.15, 0.2) is 17.3 Å². The third kappa shape index (κ3) is 6.10. The molecule has 1 heterocycles. The molecule has 1 amide bonds. The number of nitro benzene ring substituents is 1. The van der Waals surface area contributed by atoms with Crippen LogP contribution in [0.4, 0.5) is 5.69 Å². The number of hydrogen-bond donors (Lipinski definition) is 1. The summed E-state index contributed by atoms with van der Waals surface area (Å²) in [5.41, 5.74) is 4.50. The van der Waals surface area contributed by atoms with Crippen molar-refractivity contribution in [3.05, 3.63) is 96.6 Å². The quantitative estimate of drug-likeness (QED) is 0.129. The Labute approximate surface area is 222 Å². The standard InChI is InChI=1S/C25H19Br2N3O6/c1-2-34-22-9-16(5-8-21(22)35-14-15-3-6-19(7-4-15)30(32)33)13-28-29-25(31)23-11-17-10-18(26)12-20(27)24(17)36-23/h3-13H,2,14H2,1H3,(H,29,31)/b28-13-. The molecule has 3 aromatic carbocycles. The van der Waals surface area contributed by atoms with Gasteiger partial charge < -0.3 is 13.9 Å². The summed E-state index contributed by atoms with van der Waals surface area (Å²) in [7, 11) is 0. The number of non-ortho nitro benzene ring substituents is 1. The summed E-state index contributed by atoms with van der Waals surface area (Å²) in [5.74, 6) is 0.655. The van der Waals surface area contributed by atoms with Crippen molar-refractivity contribution in [3.8, 4) is 11.5 Å². The van der Waals surface area contributed by atoms with Gasteiger partial charge in [0.25, 0.3) is 5.69 Å². The second-order valence-corrected chi connectivity index (χ2v) is 9.24. The highest BCUT2D eigenvalue weighted by Gasteiger charge is 2.14. The number of ether oxygens (including phenoxy) is 2. The molecule has 0 aliphatic heterocycles. The van der Waals surface area contributed by atoms with Gasteiger partial charge >= 0.3 is 5.91 Å². The van der Waals surface area contributed by atoms with E-state index < -0.39 is 10.8 Å². The average Bonchev–Trinajstić information content (AvgIpc) is 3.28. The summed E-state index contributed by atoms with van der Waals surface area (Å²) in [6, 6.07) is 16.7. The van der Waals surface area contributed by atoms with E-state index in [2.05, 4.69) is 42.4 Å². The SMILES string of the molecule is CCOc1cc(/C=N\NC(=O)c2cc3cc(Br)cc(Br)c3o2)ccc1OCc1ccc([N+](=O)[O-])cc1. The van der Waals surface area contributed by atoms with E-state index in [9.17, 15) is 14.9 Å². The van der Waals surface area contributed by atoms with Gasteiger partial charge in [0.1, 0.15) is 12.2 Å². The highest BCUT2D eigenvalue weighted by Crippen LogP contribution is 2.31. The number of carbonyl (C=O) groups excluding carboxylic acids is 1. The first-order chi connectivity index (χ1) is 17.3. The lowest BCUT2D eigenvalue weighted by Crippen LogP contribution is -2.16. The van der Waals surface area contributed by atoms with Gasteiger partial charge in [-0.25, -0.2) is 5.43 Å². The Balaban J connectivity index is 1.41. The van der Waals surface area contributed by atoms with Gasteiger partial charge in [-0.1, -0.05) is 15.9 Å². The van der Waals surface area contributed by atoms with Crippen LogP contribution in [0.15, 0.2) is 79.1 Å². The topological polar surface area (TPSA) is 116 Å². The number of fused-ring (bicyclic) bond motifs is 1. The van der Waals surface area contributed by atoms with Crippen LogP contribution in [0.2, 0.25) is 0 Å². The number of furan rings is 1. The molecule has 11 heteroatoms. The number of benzene rings is 3. The highest BCUT2D eigenvalue weighted by atomic mass is 79.9. The summed E-state index contributed by atoms with van der Waals surface area (Å²) >= 11 is 6.83. The third-order valence-electron chi connectivity index (χ3n) is 4.95. The van der Waals surface area contributed by atoms with Crippen LogP contribution in [0.5, 0.6) is 11.5 Å². The van der Waals surface area contributed by atoms with E-state index in [0.29, 0.717) is 29.3 Å². The van der Waals surface area contributed by atoms with E-state index in [1.807, 2.05) is 19.1 Å². The van der Waals surface area contributed by atoms with E-state index in [0.717, 1.165) is 19.9 Å². The van der Waals surface area contributed by atoms with Crippen LogP contribution in [0.25, 0.3) is 11.0 Å². The van der Waals surface area contributed by atoms with Gasteiger partial charge in [0.05, 0.1) is 22.2 Å². The Bertz CT molecular complexity index is 1450. The van der Waals surface area contributed by atoms with Gasteiger partial charge in [-0.3, -0.25) is 14.9 Å². The molecule has 0 atom stereocenters. The Morgan fingerprint density at radius 1 is 1.08 bits per heavy atom. The molecule has 0 unspecified atom stereocenters. The number of nitrogens with zero attached hydrogens (tertiary/aromatic N) is 2. The second-order valence-electron chi connectivity index (χ2n) is 7.47. The molecular weight excluding hydrogens is 598 g/mol. The number of nitrogens with one attached hydrogen (secondary N) is 1. The molecule has 1 N–H and O–H groups in total. The van der Waals surface area contributed by atoms with Crippen LogP contribution in [0, 0.1) is 10.1 Å². The minimum Gasteiger partial charge on any atom is -0.490 e. The van der Waals surface area contributed by atoms with Crippen molar-refractivity contribution < 1.29 is 23.6 Å². The highest BCUT2D eigenvalue weighted by molar-refractivity contribution is 9.11.